The highest BCUT2D eigenvalue weighted by Crippen LogP contribution is 2.48. The van der Waals surface area contributed by atoms with Crippen LogP contribution in [0.3, 0.4) is 0 Å². The lowest BCUT2D eigenvalue weighted by Gasteiger charge is -2.38. The van der Waals surface area contributed by atoms with E-state index in [4.69, 9.17) is 5.73 Å². The van der Waals surface area contributed by atoms with Gasteiger partial charge in [-0.25, -0.2) is 8.42 Å². The Morgan fingerprint density at radius 3 is 2.81 bits per heavy atom. The van der Waals surface area contributed by atoms with Gasteiger partial charge in [-0.15, -0.1) is 0 Å². The summed E-state index contributed by atoms with van der Waals surface area (Å²) in [5, 5.41) is 10.9. The smallest absolute Gasteiger partial charge is 0.150 e. The fourth-order valence-electron chi connectivity index (χ4n) is 4.09. The van der Waals surface area contributed by atoms with E-state index in [0.29, 0.717) is 12.8 Å². The maximum atomic E-state index is 11.8. The van der Waals surface area contributed by atoms with E-state index in [1.54, 1.807) is 0 Å². The highest BCUT2D eigenvalue weighted by molar-refractivity contribution is 7.91. The lowest BCUT2D eigenvalue weighted by atomic mass is 9.74. The third kappa shape index (κ3) is 2.57. The fraction of sp³-hybridized carbons (Fsp3) is 0.625. The zero-order chi connectivity index (χ0) is 15.3. The molecule has 2 aliphatic rings. The van der Waals surface area contributed by atoms with Gasteiger partial charge in [-0.3, -0.25) is 0 Å². The summed E-state index contributed by atoms with van der Waals surface area (Å²) in [6, 6.07) is 5.68. The standard InChI is InChI=1S/C16H23NO3S/c1-21(19,20)14-4-2-3-12(10-14)16(18)8-7-11-9-13(17)5-6-15(11)16/h5-6,9,12,14,18H,2-4,7-8,10,17H2,1H3. The molecule has 3 rings (SSSR count). The van der Waals surface area contributed by atoms with E-state index < -0.39 is 15.4 Å². The van der Waals surface area contributed by atoms with Gasteiger partial charge in [0.05, 0.1) is 10.9 Å². The molecule has 1 aromatic carbocycles. The van der Waals surface area contributed by atoms with Crippen LogP contribution in [-0.2, 0) is 21.9 Å². The molecule has 0 heterocycles. The van der Waals surface area contributed by atoms with Gasteiger partial charge in [-0.1, -0.05) is 12.5 Å². The monoisotopic (exact) mass is 309 g/mol. The third-order valence-corrected chi connectivity index (χ3v) is 6.92. The number of hydrogen-bond donors (Lipinski definition) is 2. The van der Waals surface area contributed by atoms with E-state index in [-0.39, 0.29) is 11.2 Å². The number of benzene rings is 1. The summed E-state index contributed by atoms with van der Waals surface area (Å²) in [5.74, 6) is 0.0239. The van der Waals surface area contributed by atoms with Gasteiger partial charge in [-0.2, -0.15) is 0 Å². The van der Waals surface area contributed by atoms with E-state index in [2.05, 4.69) is 0 Å². The second kappa shape index (κ2) is 4.99. The summed E-state index contributed by atoms with van der Waals surface area (Å²) in [5.41, 5.74) is 7.72. The number of aryl methyl sites for hydroxylation is 1. The molecular weight excluding hydrogens is 286 g/mol. The van der Waals surface area contributed by atoms with Crippen LogP contribution in [0.5, 0.6) is 0 Å². The number of sulfone groups is 1. The third-order valence-electron chi connectivity index (χ3n) is 5.28. The predicted molar refractivity (Wildman–Crippen MR) is 83.7 cm³/mol. The number of aliphatic hydroxyl groups is 1. The minimum absolute atomic E-state index is 0.0239. The molecule has 4 nitrogen and oxygen atoms in total. The van der Waals surface area contributed by atoms with Crippen molar-refractivity contribution in [3.05, 3.63) is 29.3 Å². The van der Waals surface area contributed by atoms with Crippen LogP contribution in [0.15, 0.2) is 18.2 Å². The van der Waals surface area contributed by atoms with Crippen LogP contribution in [0.1, 0.15) is 43.2 Å². The molecule has 116 valence electrons. The molecule has 3 unspecified atom stereocenters. The number of hydrogen-bond acceptors (Lipinski definition) is 4. The Balaban J connectivity index is 1.91. The van der Waals surface area contributed by atoms with Gasteiger partial charge in [0.25, 0.3) is 0 Å². The first-order chi connectivity index (χ1) is 9.80. The average Bonchev–Trinajstić information content (AvgIpc) is 2.76. The summed E-state index contributed by atoms with van der Waals surface area (Å²) in [6.07, 6.45) is 5.86. The average molecular weight is 309 g/mol. The second-order valence-corrected chi connectivity index (χ2v) is 8.98. The molecule has 0 saturated heterocycles. The SMILES string of the molecule is CS(=O)(=O)C1CCCC(C2(O)CCc3cc(N)ccc32)C1. The van der Waals surface area contributed by atoms with E-state index in [9.17, 15) is 13.5 Å². The van der Waals surface area contributed by atoms with Gasteiger partial charge in [-0.05, 0) is 61.3 Å². The van der Waals surface area contributed by atoms with Crippen molar-refractivity contribution in [2.24, 2.45) is 5.92 Å². The first-order valence-electron chi connectivity index (χ1n) is 7.61. The normalized spacial score (nSPS) is 32.9. The Labute approximate surface area is 126 Å². The summed E-state index contributed by atoms with van der Waals surface area (Å²) >= 11 is 0. The van der Waals surface area contributed by atoms with E-state index in [0.717, 1.165) is 42.5 Å². The molecule has 1 saturated carbocycles. The lowest BCUT2D eigenvalue weighted by molar-refractivity contribution is -0.0363. The molecule has 1 fully saturated rings. The Hall–Kier alpha value is -1.07. The Morgan fingerprint density at radius 1 is 1.33 bits per heavy atom. The molecule has 0 aromatic heterocycles. The molecule has 3 atom stereocenters. The van der Waals surface area contributed by atoms with Crippen LogP contribution >= 0.6 is 0 Å². The van der Waals surface area contributed by atoms with Crippen molar-refractivity contribution in [1.29, 1.82) is 0 Å². The first kappa shape index (κ1) is 14.9. The van der Waals surface area contributed by atoms with Gasteiger partial charge < -0.3 is 10.8 Å². The van der Waals surface area contributed by atoms with Crippen LogP contribution in [0.2, 0.25) is 0 Å². The molecule has 1 aromatic rings. The lowest BCUT2D eigenvalue weighted by Crippen LogP contribution is -2.39. The summed E-state index contributed by atoms with van der Waals surface area (Å²) in [4.78, 5) is 0. The number of anilines is 1. The molecule has 0 radical (unpaired) electrons. The summed E-state index contributed by atoms with van der Waals surface area (Å²) in [7, 11) is -3.03. The number of nitrogens with two attached hydrogens (primary N) is 1. The maximum absolute atomic E-state index is 11.8. The van der Waals surface area contributed by atoms with Crippen molar-refractivity contribution in [2.45, 2.75) is 49.4 Å². The summed E-state index contributed by atoms with van der Waals surface area (Å²) in [6.45, 7) is 0. The fourth-order valence-corrected chi connectivity index (χ4v) is 5.27. The molecular formula is C16H23NO3S. The van der Waals surface area contributed by atoms with Gasteiger partial charge in [0.1, 0.15) is 9.84 Å². The van der Waals surface area contributed by atoms with E-state index in [1.165, 1.54) is 6.26 Å². The van der Waals surface area contributed by atoms with Crippen molar-refractivity contribution in [3.8, 4) is 0 Å². The predicted octanol–water partition coefficient (Wildman–Crippen LogP) is 2.01. The van der Waals surface area contributed by atoms with Gasteiger partial charge >= 0.3 is 0 Å². The molecule has 0 spiro atoms. The van der Waals surface area contributed by atoms with Crippen molar-refractivity contribution in [1.82, 2.24) is 0 Å². The molecule has 5 heteroatoms. The highest BCUT2D eigenvalue weighted by atomic mass is 32.2. The van der Waals surface area contributed by atoms with Crippen LogP contribution in [0, 0.1) is 5.92 Å². The molecule has 21 heavy (non-hydrogen) atoms. The number of fused-ring (bicyclic) bond motifs is 1. The van der Waals surface area contributed by atoms with E-state index in [1.807, 2.05) is 18.2 Å². The molecule has 0 aliphatic heterocycles. The van der Waals surface area contributed by atoms with Crippen LogP contribution in [0.25, 0.3) is 0 Å². The number of nitrogen functional groups attached to an aromatic ring is 1. The topological polar surface area (TPSA) is 80.4 Å². The molecule has 3 N–H and O–H groups in total. The van der Waals surface area contributed by atoms with Crippen molar-refractivity contribution in [2.75, 3.05) is 12.0 Å². The van der Waals surface area contributed by atoms with Gasteiger partial charge in [0.15, 0.2) is 0 Å². The zero-order valence-corrected chi connectivity index (χ0v) is 13.2. The first-order valence-corrected chi connectivity index (χ1v) is 9.56. The zero-order valence-electron chi connectivity index (χ0n) is 12.4. The Kier molecular flexibility index (Phi) is 3.53. The Morgan fingerprint density at radius 2 is 2.10 bits per heavy atom. The number of rotatable bonds is 2. The van der Waals surface area contributed by atoms with Crippen molar-refractivity contribution >= 4 is 15.5 Å². The van der Waals surface area contributed by atoms with Gasteiger partial charge in [0.2, 0.25) is 0 Å². The van der Waals surface area contributed by atoms with Gasteiger partial charge in [0, 0.05) is 11.9 Å². The van der Waals surface area contributed by atoms with E-state index >= 15 is 0 Å². The largest absolute Gasteiger partial charge is 0.399 e. The summed E-state index contributed by atoms with van der Waals surface area (Å²) < 4.78 is 23.7. The quantitative estimate of drug-likeness (QED) is 0.819. The molecule has 2 aliphatic carbocycles. The highest BCUT2D eigenvalue weighted by Gasteiger charge is 2.46. The van der Waals surface area contributed by atoms with Crippen molar-refractivity contribution < 1.29 is 13.5 Å². The Bertz CT molecular complexity index is 655. The second-order valence-electron chi connectivity index (χ2n) is 6.66. The molecule has 0 amide bonds. The minimum Gasteiger partial charge on any atom is -0.399 e. The van der Waals surface area contributed by atoms with Crippen molar-refractivity contribution in [3.63, 3.8) is 0 Å². The van der Waals surface area contributed by atoms with Crippen LogP contribution < -0.4 is 5.73 Å². The minimum atomic E-state index is -3.03. The maximum Gasteiger partial charge on any atom is 0.150 e. The van der Waals surface area contributed by atoms with Crippen LogP contribution in [0.4, 0.5) is 5.69 Å². The van der Waals surface area contributed by atoms with Crippen LogP contribution in [-0.4, -0.2) is 25.0 Å². The molecule has 0 bridgehead atoms.